The molecule has 0 N–H and O–H groups in total. The third-order valence-electron chi connectivity index (χ3n) is 2.77. The molecule has 0 spiro atoms. The Labute approximate surface area is 171 Å². The van der Waals surface area contributed by atoms with E-state index in [0.717, 1.165) is 23.6 Å². The molecule has 6 nitrogen and oxygen atoms in total. The second-order valence-electron chi connectivity index (χ2n) is 4.47. The molecule has 2 rings (SSSR count). The van der Waals surface area contributed by atoms with E-state index in [9.17, 15) is 17.9 Å². The molecular formula is C15H11ClFN2NaO4S. The van der Waals surface area contributed by atoms with Gasteiger partial charge in [-0.25, -0.2) is 9.37 Å². The summed E-state index contributed by atoms with van der Waals surface area (Å²) in [6.45, 7) is 0. The molecule has 1 aromatic heterocycles. The van der Waals surface area contributed by atoms with Crippen molar-refractivity contribution >= 4 is 33.6 Å². The van der Waals surface area contributed by atoms with Gasteiger partial charge in [0, 0.05) is 23.7 Å². The third-order valence-corrected chi connectivity index (χ3v) is 3.99. The average Bonchev–Trinajstić information content (AvgIpc) is 2.53. The smallest absolute Gasteiger partial charge is 0.858 e. The van der Waals surface area contributed by atoms with E-state index in [2.05, 4.69) is 9.38 Å². The molecule has 126 valence electrons. The van der Waals surface area contributed by atoms with E-state index in [1.165, 1.54) is 19.4 Å². The number of pyridine rings is 1. The fourth-order valence-corrected chi connectivity index (χ4v) is 2.60. The van der Waals surface area contributed by atoms with E-state index in [0.29, 0.717) is 11.4 Å². The van der Waals surface area contributed by atoms with Crippen LogP contribution in [0.15, 0.2) is 46.3 Å². The molecule has 10 heteroatoms. The van der Waals surface area contributed by atoms with Crippen LogP contribution in [-0.2, 0) is 10.0 Å². The SMILES string of the molecule is COc1ccc(/C=C/S(=O)(=O)/N=C(\[O-])c2ccc(F)cc2Cl)cn1.[Na+]. The van der Waals surface area contributed by atoms with Crippen molar-refractivity contribution in [3.05, 3.63) is 63.9 Å². The maximum absolute atomic E-state index is 12.9. The molecule has 0 saturated carbocycles. The minimum Gasteiger partial charge on any atom is -0.858 e. The fourth-order valence-electron chi connectivity index (χ4n) is 1.63. The van der Waals surface area contributed by atoms with Crippen LogP contribution in [0, 0.1) is 5.82 Å². The van der Waals surface area contributed by atoms with Crippen molar-refractivity contribution in [3.63, 3.8) is 0 Å². The maximum atomic E-state index is 12.9. The molecule has 0 bridgehead atoms. The van der Waals surface area contributed by atoms with E-state index < -0.39 is 21.7 Å². The van der Waals surface area contributed by atoms with E-state index in [1.807, 2.05) is 0 Å². The quantitative estimate of drug-likeness (QED) is 0.369. The zero-order valence-electron chi connectivity index (χ0n) is 13.3. The van der Waals surface area contributed by atoms with Crippen LogP contribution in [0.3, 0.4) is 0 Å². The van der Waals surface area contributed by atoms with E-state index >= 15 is 0 Å². The van der Waals surface area contributed by atoms with Gasteiger partial charge in [0.05, 0.1) is 17.5 Å². The minimum atomic E-state index is -4.19. The Balaban J connectivity index is 0.00000312. The van der Waals surface area contributed by atoms with Crippen molar-refractivity contribution in [2.75, 3.05) is 7.11 Å². The molecule has 0 amide bonds. The summed E-state index contributed by atoms with van der Waals surface area (Å²) in [6.07, 6.45) is 2.62. The summed E-state index contributed by atoms with van der Waals surface area (Å²) in [7, 11) is -2.73. The molecular weight excluding hydrogens is 382 g/mol. The molecule has 0 saturated heterocycles. The maximum Gasteiger partial charge on any atom is 1.00 e. The Hall–Kier alpha value is -1.45. The largest absolute Gasteiger partial charge is 1.00 e. The number of hydrogen-bond donors (Lipinski definition) is 0. The summed E-state index contributed by atoms with van der Waals surface area (Å²) in [5.74, 6) is -1.36. The first kappa shape index (κ1) is 21.6. The number of nitrogens with zero attached hydrogens (tertiary/aromatic N) is 2. The number of benzene rings is 1. The van der Waals surface area contributed by atoms with Gasteiger partial charge in [-0.2, -0.15) is 12.8 Å². The third kappa shape index (κ3) is 6.41. The molecule has 0 radical (unpaired) electrons. The predicted octanol–water partition coefficient (Wildman–Crippen LogP) is -1.01. The van der Waals surface area contributed by atoms with Gasteiger partial charge in [-0.05, 0) is 35.9 Å². The molecule has 0 atom stereocenters. The van der Waals surface area contributed by atoms with Gasteiger partial charge in [-0.3, -0.25) is 0 Å². The molecule has 1 aromatic carbocycles. The Bertz CT molecular complexity index is 902. The summed E-state index contributed by atoms with van der Waals surface area (Å²) in [4.78, 5) is 3.91. The first-order valence-electron chi connectivity index (χ1n) is 6.46. The zero-order valence-corrected chi connectivity index (χ0v) is 16.9. The van der Waals surface area contributed by atoms with E-state index in [-0.39, 0.29) is 40.1 Å². The molecule has 1 heterocycles. The van der Waals surface area contributed by atoms with Gasteiger partial charge in [0.25, 0.3) is 10.0 Å². The van der Waals surface area contributed by atoms with Crippen LogP contribution in [0.1, 0.15) is 11.1 Å². The molecule has 0 unspecified atom stereocenters. The predicted molar refractivity (Wildman–Crippen MR) is 86.7 cm³/mol. The van der Waals surface area contributed by atoms with Crippen molar-refractivity contribution in [1.82, 2.24) is 4.98 Å². The van der Waals surface area contributed by atoms with Gasteiger partial charge in [0.1, 0.15) is 5.82 Å². The van der Waals surface area contributed by atoms with Gasteiger partial charge in [-0.15, -0.1) is 0 Å². The Morgan fingerprint density at radius 2 is 2.08 bits per heavy atom. The molecule has 0 aliphatic heterocycles. The zero-order chi connectivity index (χ0) is 17.7. The number of aromatic nitrogens is 1. The van der Waals surface area contributed by atoms with Crippen molar-refractivity contribution in [2.24, 2.45) is 4.40 Å². The number of rotatable bonds is 5. The number of ether oxygens (including phenoxy) is 1. The number of hydrogen-bond acceptors (Lipinski definition) is 5. The summed E-state index contributed by atoms with van der Waals surface area (Å²) in [5.41, 5.74) is 0.267. The van der Waals surface area contributed by atoms with Crippen LogP contribution in [0.2, 0.25) is 5.02 Å². The van der Waals surface area contributed by atoms with Crippen molar-refractivity contribution in [2.45, 2.75) is 0 Å². The normalized spacial score (nSPS) is 12.0. The van der Waals surface area contributed by atoms with Crippen molar-refractivity contribution in [3.8, 4) is 5.88 Å². The first-order valence-corrected chi connectivity index (χ1v) is 8.34. The van der Waals surface area contributed by atoms with Gasteiger partial charge < -0.3 is 9.84 Å². The van der Waals surface area contributed by atoms with Crippen molar-refractivity contribution < 1.29 is 52.2 Å². The molecule has 2 aromatic rings. The summed E-state index contributed by atoms with van der Waals surface area (Å²) in [5, 5.41) is 12.4. The second-order valence-corrected chi connectivity index (χ2v) is 6.36. The fraction of sp³-hybridized carbons (Fsp3) is 0.0667. The van der Waals surface area contributed by atoms with E-state index in [1.54, 1.807) is 12.1 Å². The molecule has 0 fully saturated rings. The first-order chi connectivity index (χ1) is 11.3. The van der Waals surface area contributed by atoms with E-state index in [4.69, 9.17) is 16.3 Å². The summed E-state index contributed by atoms with van der Waals surface area (Å²) in [6, 6.07) is 6.08. The second kappa shape index (κ2) is 9.30. The molecule has 0 aliphatic carbocycles. The Morgan fingerprint density at radius 1 is 1.36 bits per heavy atom. The number of halogens is 2. The van der Waals surface area contributed by atoms with Crippen LogP contribution >= 0.6 is 11.6 Å². The number of sulfonamides is 1. The van der Waals surface area contributed by atoms with Crippen LogP contribution in [0.4, 0.5) is 4.39 Å². The van der Waals surface area contributed by atoms with Gasteiger partial charge >= 0.3 is 29.6 Å². The van der Waals surface area contributed by atoms with Crippen LogP contribution in [-0.4, -0.2) is 26.4 Å². The Morgan fingerprint density at radius 3 is 2.64 bits per heavy atom. The monoisotopic (exact) mass is 392 g/mol. The summed E-state index contributed by atoms with van der Waals surface area (Å²) < 4.78 is 44.6. The molecule has 0 aliphatic rings. The summed E-state index contributed by atoms with van der Waals surface area (Å²) >= 11 is 5.70. The molecule has 25 heavy (non-hydrogen) atoms. The number of methoxy groups -OCH3 is 1. The van der Waals surface area contributed by atoms with Crippen LogP contribution < -0.4 is 39.4 Å². The minimum absolute atomic E-state index is 0. The van der Waals surface area contributed by atoms with Gasteiger partial charge in [0.2, 0.25) is 5.88 Å². The van der Waals surface area contributed by atoms with Crippen LogP contribution in [0.5, 0.6) is 5.88 Å². The topological polar surface area (TPSA) is 91.7 Å². The van der Waals surface area contributed by atoms with Gasteiger partial charge in [0.15, 0.2) is 0 Å². The standard InChI is InChI=1S/C15H12ClFN2O4S.Na/c1-23-14-5-2-10(9-18-14)6-7-24(21,22)19-15(20)12-4-3-11(17)8-13(12)16;/h2-9H,1H3,(H,19,20);/q;+1/p-1/b7-6+;. The Kier molecular flexibility index (Phi) is 8.04. The van der Waals surface area contributed by atoms with Crippen molar-refractivity contribution in [1.29, 1.82) is 0 Å². The average molecular weight is 393 g/mol. The van der Waals surface area contributed by atoms with Crippen LogP contribution in [0.25, 0.3) is 6.08 Å². The van der Waals surface area contributed by atoms with Gasteiger partial charge in [-0.1, -0.05) is 11.6 Å².